The van der Waals surface area contributed by atoms with Gasteiger partial charge in [-0.15, -0.1) is 0 Å². The van der Waals surface area contributed by atoms with Crippen LogP contribution in [0.1, 0.15) is 51.2 Å². The third kappa shape index (κ3) is 4.35. The molecule has 1 rings (SSSR count). The summed E-state index contributed by atoms with van der Waals surface area (Å²) >= 11 is 0. The first-order valence-electron chi connectivity index (χ1n) is 6.89. The van der Waals surface area contributed by atoms with Gasteiger partial charge >= 0.3 is 0 Å². The Hall–Kier alpha value is -1.34. The van der Waals surface area contributed by atoms with Crippen molar-refractivity contribution in [3.63, 3.8) is 0 Å². The summed E-state index contributed by atoms with van der Waals surface area (Å²) in [5.74, 6) is 0.114. The van der Waals surface area contributed by atoms with Crippen molar-refractivity contribution in [2.45, 2.75) is 57.3 Å². The Morgan fingerprint density at radius 3 is 2.40 bits per heavy atom. The highest BCUT2D eigenvalue weighted by atomic mass is 32.2. The van der Waals surface area contributed by atoms with E-state index in [9.17, 15) is 8.42 Å². The lowest BCUT2D eigenvalue weighted by Gasteiger charge is -2.20. The molecule has 0 atom stereocenters. The molecule has 110 valence electrons. The minimum absolute atomic E-state index is 0.0707. The molecule has 0 heterocycles. The Bertz CT molecular complexity index is 604. The first-order valence-corrected chi connectivity index (χ1v) is 8.54. The van der Waals surface area contributed by atoms with Gasteiger partial charge in [0.2, 0.25) is 0 Å². The van der Waals surface area contributed by atoms with E-state index < -0.39 is 9.84 Å². The fraction of sp³-hybridized carbons (Fsp3) is 0.562. The van der Waals surface area contributed by atoms with Gasteiger partial charge in [0.15, 0.2) is 9.84 Å². The summed E-state index contributed by atoms with van der Waals surface area (Å²) in [6.07, 6.45) is 1.58. The number of sulfone groups is 1. The average molecular weight is 293 g/mol. The highest BCUT2D eigenvalue weighted by molar-refractivity contribution is 7.91. The number of rotatable bonds is 5. The SMILES string of the molecule is Cc1ccc(C(C)(C)C)cc1S(=O)(=O)CCCCC#N. The normalized spacial score (nSPS) is 12.2. The predicted molar refractivity (Wildman–Crippen MR) is 81.4 cm³/mol. The van der Waals surface area contributed by atoms with Crippen molar-refractivity contribution in [3.05, 3.63) is 29.3 Å². The van der Waals surface area contributed by atoms with Crippen LogP contribution < -0.4 is 0 Å². The lowest BCUT2D eigenvalue weighted by Crippen LogP contribution is -2.14. The first-order chi connectivity index (χ1) is 9.18. The fourth-order valence-corrected chi connectivity index (χ4v) is 3.68. The monoisotopic (exact) mass is 293 g/mol. The fourth-order valence-electron chi connectivity index (χ4n) is 2.01. The molecule has 0 N–H and O–H groups in total. The highest BCUT2D eigenvalue weighted by Gasteiger charge is 2.21. The molecule has 0 aliphatic rings. The molecular formula is C16H23NO2S. The van der Waals surface area contributed by atoms with Crippen LogP contribution in [0.25, 0.3) is 0 Å². The molecular weight excluding hydrogens is 270 g/mol. The Labute approximate surface area is 122 Å². The second kappa shape index (κ2) is 6.41. The number of hydrogen-bond donors (Lipinski definition) is 0. The predicted octanol–water partition coefficient (Wildman–Crippen LogP) is 3.76. The number of aryl methyl sites for hydroxylation is 1. The number of hydrogen-bond acceptors (Lipinski definition) is 3. The quantitative estimate of drug-likeness (QED) is 0.777. The maximum Gasteiger partial charge on any atom is 0.178 e. The van der Waals surface area contributed by atoms with Crippen molar-refractivity contribution in [1.82, 2.24) is 0 Å². The second-order valence-corrected chi connectivity index (χ2v) is 8.24. The van der Waals surface area contributed by atoms with E-state index in [0.717, 1.165) is 11.1 Å². The standard InChI is InChI=1S/C16H23NO2S/c1-13-8-9-14(16(2,3)4)12-15(13)20(18,19)11-7-5-6-10-17/h8-9,12H,5-7,11H2,1-4H3. The van der Waals surface area contributed by atoms with Gasteiger partial charge in [-0.05, 0) is 42.4 Å². The molecule has 3 nitrogen and oxygen atoms in total. The van der Waals surface area contributed by atoms with E-state index in [1.165, 1.54) is 0 Å². The highest BCUT2D eigenvalue weighted by Crippen LogP contribution is 2.27. The number of benzene rings is 1. The first kappa shape index (κ1) is 16.7. The molecule has 0 radical (unpaired) electrons. The summed E-state index contributed by atoms with van der Waals surface area (Å²) < 4.78 is 24.8. The second-order valence-electron chi connectivity index (χ2n) is 6.16. The Kier molecular flexibility index (Phi) is 5.35. The number of unbranched alkanes of at least 4 members (excludes halogenated alkanes) is 2. The van der Waals surface area contributed by atoms with E-state index >= 15 is 0 Å². The molecule has 0 bridgehead atoms. The summed E-state index contributed by atoms with van der Waals surface area (Å²) in [6.45, 7) is 8.04. The van der Waals surface area contributed by atoms with Crippen LogP contribution >= 0.6 is 0 Å². The van der Waals surface area contributed by atoms with Crippen LogP contribution in [-0.4, -0.2) is 14.2 Å². The van der Waals surface area contributed by atoms with Crippen LogP contribution in [0.3, 0.4) is 0 Å². The molecule has 4 heteroatoms. The average Bonchev–Trinajstić information content (AvgIpc) is 2.33. The summed E-state index contributed by atoms with van der Waals surface area (Å²) in [4.78, 5) is 0.432. The summed E-state index contributed by atoms with van der Waals surface area (Å²) in [7, 11) is -3.26. The van der Waals surface area contributed by atoms with Gasteiger partial charge in [0.1, 0.15) is 0 Å². The van der Waals surface area contributed by atoms with Crippen LogP contribution in [0.15, 0.2) is 23.1 Å². The van der Waals surface area contributed by atoms with Gasteiger partial charge in [0, 0.05) is 6.42 Å². The van der Waals surface area contributed by atoms with Gasteiger partial charge in [0.25, 0.3) is 0 Å². The van der Waals surface area contributed by atoms with Crippen LogP contribution in [0.5, 0.6) is 0 Å². The van der Waals surface area contributed by atoms with Crippen LogP contribution in [0.2, 0.25) is 0 Å². The minimum atomic E-state index is -3.26. The minimum Gasteiger partial charge on any atom is -0.224 e. The molecule has 0 saturated carbocycles. The Morgan fingerprint density at radius 1 is 1.20 bits per heavy atom. The zero-order valence-electron chi connectivity index (χ0n) is 12.7. The van der Waals surface area contributed by atoms with E-state index in [0.29, 0.717) is 24.2 Å². The van der Waals surface area contributed by atoms with Crippen molar-refractivity contribution in [3.8, 4) is 6.07 Å². The lowest BCUT2D eigenvalue weighted by molar-refractivity contribution is 0.581. The van der Waals surface area contributed by atoms with Crippen molar-refractivity contribution in [2.24, 2.45) is 0 Å². The summed E-state index contributed by atoms with van der Waals surface area (Å²) in [5.41, 5.74) is 1.75. The molecule has 20 heavy (non-hydrogen) atoms. The number of nitriles is 1. The van der Waals surface area contributed by atoms with Gasteiger partial charge in [-0.2, -0.15) is 5.26 Å². The molecule has 0 unspecified atom stereocenters. The zero-order valence-corrected chi connectivity index (χ0v) is 13.5. The van der Waals surface area contributed by atoms with Gasteiger partial charge in [-0.25, -0.2) is 8.42 Å². The summed E-state index contributed by atoms with van der Waals surface area (Å²) in [5, 5.41) is 8.48. The van der Waals surface area contributed by atoms with E-state index in [1.807, 2.05) is 25.1 Å². The molecule has 1 aromatic carbocycles. The van der Waals surface area contributed by atoms with E-state index in [2.05, 4.69) is 20.8 Å². The van der Waals surface area contributed by atoms with Crippen LogP contribution in [0, 0.1) is 18.3 Å². The maximum absolute atomic E-state index is 12.4. The van der Waals surface area contributed by atoms with Crippen molar-refractivity contribution >= 4 is 9.84 Å². The van der Waals surface area contributed by atoms with Crippen LogP contribution in [-0.2, 0) is 15.3 Å². The molecule has 0 saturated heterocycles. The lowest BCUT2D eigenvalue weighted by atomic mass is 9.87. The zero-order chi connectivity index (χ0) is 15.4. The smallest absolute Gasteiger partial charge is 0.178 e. The van der Waals surface area contributed by atoms with Gasteiger partial charge in [-0.1, -0.05) is 32.9 Å². The van der Waals surface area contributed by atoms with E-state index in [4.69, 9.17) is 5.26 Å². The molecule has 1 aromatic rings. The maximum atomic E-state index is 12.4. The van der Waals surface area contributed by atoms with Gasteiger partial charge in [0.05, 0.1) is 16.7 Å². The Balaban J connectivity index is 3.03. The van der Waals surface area contributed by atoms with Crippen LogP contribution in [0.4, 0.5) is 0 Å². The third-order valence-electron chi connectivity index (χ3n) is 3.34. The Morgan fingerprint density at radius 2 is 1.85 bits per heavy atom. The van der Waals surface area contributed by atoms with Crippen molar-refractivity contribution < 1.29 is 8.42 Å². The largest absolute Gasteiger partial charge is 0.224 e. The van der Waals surface area contributed by atoms with Crippen molar-refractivity contribution in [2.75, 3.05) is 5.75 Å². The van der Waals surface area contributed by atoms with E-state index in [1.54, 1.807) is 6.07 Å². The molecule has 0 aliphatic carbocycles. The molecule has 0 fully saturated rings. The topological polar surface area (TPSA) is 57.9 Å². The molecule has 0 amide bonds. The number of nitrogens with zero attached hydrogens (tertiary/aromatic N) is 1. The molecule has 0 aliphatic heterocycles. The van der Waals surface area contributed by atoms with Gasteiger partial charge in [-0.3, -0.25) is 0 Å². The third-order valence-corrected chi connectivity index (χ3v) is 5.28. The summed E-state index contributed by atoms with van der Waals surface area (Å²) in [6, 6.07) is 7.71. The molecule has 0 spiro atoms. The van der Waals surface area contributed by atoms with Gasteiger partial charge < -0.3 is 0 Å². The van der Waals surface area contributed by atoms with E-state index in [-0.39, 0.29) is 11.2 Å². The van der Waals surface area contributed by atoms with Crippen molar-refractivity contribution in [1.29, 1.82) is 5.26 Å². The molecule has 0 aromatic heterocycles.